The molecule has 0 aromatic heterocycles. The van der Waals surface area contributed by atoms with Gasteiger partial charge in [0, 0.05) is 29.4 Å². The molecule has 0 radical (unpaired) electrons. The van der Waals surface area contributed by atoms with Gasteiger partial charge in [0.05, 0.1) is 0 Å². The minimum Gasteiger partial charge on any atom is -0.257 e. The van der Waals surface area contributed by atoms with Crippen molar-refractivity contribution in [2.75, 3.05) is 6.54 Å². The van der Waals surface area contributed by atoms with Crippen molar-refractivity contribution in [2.45, 2.75) is 0 Å². The molecule has 1 N–H and O–H groups in total. The molecule has 0 aliphatic heterocycles. The van der Waals surface area contributed by atoms with Gasteiger partial charge in [0.1, 0.15) is 0 Å². The summed E-state index contributed by atoms with van der Waals surface area (Å²) in [6, 6.07) is 0. The molecule has 0 saturated heterocycles. The van der Waals surface area contributed by atoms with Gasteiger partial charge in [0.2, 0.25) is 0 Å². The van der Waals surface area contributed by atoms with E-state index in [9.17, 15) is 0 Å². The smallest absolute Gasteiger partial charge is 0.0228 e. The van der Waals surface area contributed by atoms with Crippen LogP contribution in [-0.2, 0) is 0 Å². The molecule has 1 nitrogen and oxygen atoms in total. The van der Waals surface area contributed by atoms with Crippen LogP contribution in [0.15, 0.2) is 12.7 Å². The van der Waals surface area contributed by atoms with Crippen LogP contribution in [0.25, 0.3) is 0 Å². The van der Waals surface area contributed by atoms with E-state index in [0.717, 1.165) is 6.54 Å². The van der Waals surface area contributed by atoms with Gasteiger partial charge in [0.25, 0.3) is 0 Å². The van der Waals surface area contributed by atoms with Crippen LogP contribution in [0.3, 0.4) is 0 Å². The van der Waals surface area contributed by atoms with Gasteiger partial charge in [-0.15, -0.1) is 6.58 Å². The minimum atomic E-state index is 0.889. The summed E-state index contributed by atoms with van der Waals surface area (Å²) in [6.45, 7) is 4.37. The Hall–Kier alpha value is 0.430. The SMILES string of the molecule is C=CCNI. The van der Waals surface area contributed by atoms with Crippen molar-refractivity contribution in [1.82, 2.24) is 3.53 Å². The molecule has 0 unspecified atom stereocenters. The molecule has 0 amide bonds. The first kappa shape index (κ1) is 5.43. The highest BCUT2D eigenvalue weighted by Gasteiger charge is 1.59. The second-order valence-corrected chi connectivity index (χ2v) is 1.39. The molecular weight excluding hydrogens is 177 g/mol. The third-order valence-electron chi connectivity index (χ3n) is 0.221. The summed E-state index contributed by atoms with van der Waals surface area (Å²) in [6.07, 6.45) is 1.81. The molecule has 5 heavy (non-hydrogen) atoms. The first-order valence-corrected chi connectivity index (χ1v) is 2.44. The number of rotatable bonds is 2. The lowest BCUT2D eigenvalue weighted by molar-refractivity contribution is 1.18. The van der Waals surface area contributed by atoms with E-state index in [2.05, 4.69) is 33.0 Å². The average Bonchev–Trinajstić information content (AvgIpc) is 1.41. The molecule has 2 heteroatoms. The molecule has 0 heterocycles. The summed E-state index contributed by atoms with van der Waals surface area (Å²) in [7, 11) is 0. The molecule has 0 spiro atoms. The summed E-state index contributed by atoms with van der Waals surface area (Å²) in [4.78, 5) is 0. The Balaban J connectivity index is 2.40. The van der Waals surface area contributed by atoms with Gasteiger partial charge in [0.15, 0.2) is 0 Å². The standard InChI is InChI=1S/C3H6IN/c1-2-3-5-4/h2,5H,1,3H2. The lowest BCUT2D eigenvalue weighted by Crippen LogP contribution is -1.92. The largest absolute Gasteiger partial charge is 0.257 e. The topological polar surface area (TPSA) is 12.0 Å². The van der Waals surface area contributed by atoms with E-state index in [1.807, 2.05) is 6.08 Å². The van der Waals surface area contributed by atoms with Crippen molar-refractivity contribution in [3.05, 3.63) is 12.7 Å². The Labute approximate surface area is 45.9 Å². The van der Waals surface area contributed by atoms with Gasteiger partial charge >= 0.3 is 0 Å². The van der Waals surface area contributed by atoms with Crippen molar-refractivity contribution in [1.29, 1.82) is 0 Å². The highest BCUT2D eigenvalue weighted by atomic mass is 127. The Morgan fingerprint density at radius 1 is 2.00 bits per heavy atom. The number of halogens is 1. The van der Waals surface area contributed by atoms with Crippen molar-refractivity contribution in [3.8, 4) is 0 Å². The van der Waals surface area contributed by atoms with E-state index in [0.29, 0.717) is 0 Å². The molecule has 0 saturated carbocycles. The molecule has 0 atom stereocenters. The first-order chi connectivity index (χ1) is 2.41. The zero-order valence-electron chi connectivity index (χ0n) is 2.87. The lowest BCUT2D eigenvalue weighted by atomic mass is 10.7. The number of hydrogen-bond donors (Lipinski definition) is 1. The van der Waals surface area contributed by atoms with Crippen molar-refractivity contribution in [3.63, 3.8) is 0 Å². The van der Waals surface area contributed by atoms with E-state index in [1.165, 1.54) is 0 Å². The van der Waals surface area contributed by atoms with E-state index in [4.69, 9.17) is 0 Å². The Morgan fingerprint density at radius 3 is 2.60 bits per heavy atom. The number of nitrogens with one attached hydrogen (secondary N) is 1. The molecule has 0 aromatic rings. The fourth-order valence-electron chi connectivity index (χ4n) is 0.0546. The van der Waals surface area contributed by atoms with E-state index < -0.39 is 0 Å². The van der Waals surface area contributed by atoms with Crippen LogP contribution < -0.4 is 3.53 Å². The third kappa shape index (κ3) is 4.43. The normalized spacial score (nSPS) is 7.40. The van der Waals surface area contributed by atoms with Gasteiger partial charge in [-0.1, -0.05) is 6.08 Å². The summed E-state index contributed by atoms with van der Waals surface area (Å²) in [5.41, 5.74) is 0. The van der Waals surface area contributed by atoms with Crippen molar-refractivity contribution >= 4 is 22.9 Å². The summed E-state index contributed by atoms with van der Waals surface area (Å²) < 4.78 is 2.87. The predicted molar refractivity (Wildman–Crippen MR) is 32.2 cm³/mol. The van der Waals surface area contributed by atoms with Crippen LogP contribution in [0.5, 0.6) is 0 Å². The van der Waals surface area contributed by atoms with E-state index >= 15 is 0 Å². The first-order valence-electron chi connectivity index (χ1n) is 1.36. The molecule has 0 aromatic carbocycles. The summed E-state index contributed by atoms with van der Waals surface area (Å²) >= 11 is 2.07. The van der Waals surface area contributed by atoms with Crippen LogP contribution in [-0.4, -0.2) is 6.54 Å². The monoisotopic (exact) mass is 183 g/mol. The average molecular weight is 183 g/mol. The quantitative estimate of drug-likeness (QED) is 0.384. The van der Waals surface area contributed by atoms with Crippen LogP contribution in [0.2, 0.25) is 0 Å². The molecule has 0 fully saturated rings. The highest BCUT2D eigenvalue weighted by molar-refractivity contribution is 14.1. The van der Waals surface area contributed by atoms with Crippen LogP contribution in [0.1, 0.15) is 0 Å². The van der Waals surface area contributed by atoms with Gasteiger partial charge < -0.3 is 0 Å². The second-order valence-electron chi connectivity index (χ2n) is 0.626. The van der Waals surface area contributed by atoms with Gasteiger partial charge in [-0.2, -0.15) is 0 Å². The summed E-state index contributed by atoms with van der Waals surface area (Å²) in [5, 5.41) is 0. The zero-order valence-corrected chi connectivity index (χ0v) is 5.03. The summed E-state index contributed by atoms with van der Waals surface area (Å²) in [5.74, 6) is 0. The van der Waals surface area contributed by atoms with E-state index in [-0.39, 0.29) is 0 Å². The number of hydrogen-bond acceptors (Lipinski definition) is 1. The predicted octanol–water partition coefficient (Wildman–Crippen LogP) is 1.11. The molecule has 0 rings (SSSR count). The second kappa shape index (κ2) is 4.43. The van der Waals surface area contributed by atoms with Crippen LogP contribution in [0.4, 0.5) is 0 Å². The maximum atomic E-state index is 3.48. The van der Waals surface area contributed by atoms with Crippen LogP contribution in [0, 0.1) is 0 Å². The Bertz CT molecular complexity index is 28.1. The molecule has 0 aliphatic rings. The molecular formula is C3H6IN. The maximum absolute atomic E-state index is 3.48. The lowest BCUT2D eigenvalue weighted by Gasteiger charge is -1.76. The molecule has 0 bridgehead atoms. The Morgan fingerprint density at radius 2 is 2.60 bits per heavy atom. The fraction of sp³-hybridized carbons (Fsp3) is 0.333. The minimum absolute atomic E-state index is 0.889. The van der Waals surface area contributed by atoms with Gasteiger partial charge in [-0.25, -0.2) is 0 Å². The molecule has 30 valence electrons. The van der Waals surface area contributed by atoms with Crippen molar-refractivity contribution < 1.29 is 0 Å². The third-order valence-corrected chi connectivity index (χ3v) is 0.662. The van der Waals surface area contributed by atoms with Crippen molar-refractivity contribution in [2.24, 2.45) is 0 Å². The van der Waals surface area contributed by atoms with Gasteiger partial charge in [-0.05, 0) is 0 Å². The molecule has 0 aliphatic carbocycles. The van der Waals surface area contributed by atoms with Crippen LogP contribution >= 0.6 is 22.9 Å². The Kier molecular flexibility index (Phi) is 4.81. The zero-order chi connectivity index (χ0) is 4.12. The maximum Gasteiger partial charge on any atom is 0.0228 e. The van der Waals surface area contributed by atoms with E-state index in [1.54, 1.807) is 0 Å². The van der Waals surface area contributed by atoms with Gasteiger partial charge in [-0.3, -0.25) is 3.53 Å². The fourth-order valence-corrected chi connectivity index (χ4v) is 0.366. The highest BCUT2D eigenvalue weighted by Crippen LogP contribution is 1.64.